The highest BCUT2D eigenvalue weighted by molar-refractivity contribution is 6.09. The predicted molar refractivity (Wildman–Crippen MR) is 129 cm³/mol. The van der Waals surface area contributed by atoms with Gasteiger partial charge in [0.25, 0.3) is 0 Å². The topological polar surface area (TPSA) is 126 Å². The van der Waals surface area contributed by atoms with E-state index in [1.807, 2.05) is 43.3 Å². The number of nitrogens with one attached hydrogen (secondary N) is 1. The Kier molecular flexibility index (Phi) is 7.33. The average molecular weight is 421 g/mol. The summed E-state index contributed by atoms with van der Waals surface area (Å²) in [4.78, 5) is 4.12. The molecule has 0 aliphatic carbocycles. The number of aliphatic imine (C=N–C) groups is 1. The minimum absolute atomic E-state index is 0.00437. The van der Waals surface area contributed by atoms with Gasteiger partial charge in [-0.05, 0) is 48.6 Å². The van der Waals surface area contributed by atoms with Crippen molar-refractivity contribution in [2.24, 2.45) is 22.3 Å². The van der Waals surface area contributed by atoms with Crippen LogP contribution in [0.3, 0.4) is 0 Å². The number of hydrogen-bond acceptors (Lipinski definition) is 7. The predicted octanol–water partition coefficient (Wildman–Crippen LogP) is 2.60. The first kappa shape index (κ1) is 22.4. The maximum atomic E-state index is 9.46. The van der Waals surface area contributed by atoms with Gasteiger partial charge in [0.05, 0.1) is 11.7 Å². The Labute approximate surface area is 183 Å². The van der Waals surface area contributed by atoms with Crippen molar-refractivity contribution in [2.75, 3.05) is 25.5 Å². The lowest BCUT2D eigenvalue weighted by molar-refractivity contribution is 0.300. The molecule has 0 saturated carbocycles. The van der Waals surface area contributed by atoms with Crippen LogP contribution >= 0.6 is 0 Å². The summed E-state index contributed by atoms with van der Waals surface area (Å²) in [6, 6.07) is 14.2. The van der Waals surface area contributed by atoms with Crippen LogP contribution in [0.1, 0.15) is 41.6 Å². The van der Waals surface area contributed by atoms with E-state index in [9.17, 15) is 5.11 Å². The molecule has 1 heterocycles. The first-order valence-corrected chi connectivity index (χ1v) is 10.4. The Bertz CT molecular complexity index is 1010. The van der Waals surface area contributed by atoms with Crippen LogP contribution in [-0.4, -0.2) is 36.5 Å². The molecule has 2 aromatic rings. The molecule has 31 heavy (non-hydrogen) atoms. The number of aliphatic hydroxyl groups excluding tert-OH is 1. The van der Waals surface area contributed by atoms with Crippen LogP contribution < -0.4 is 22.6 Å². The summed E-state index contributed by atoms with van der Waals surface area (Å²) >= 11 is 0. The molecule has 8 N–H and O–H groups in total. The van der Waals surface area contributed by atoms with Crippen LogP contribution in [0, 0.1) is 0 Å². The zero-order valence-electron chi connectivity index (χ0n) is 18.2. The molecule has 0 saturated heterocycles. The van der Waals surface area contributed by atoms with Gasteiger partial charge in [0.15, 0.2) is 0 Å². The quantitative estimate of drug-likeness (QED) is 0.361. The summed E-state index contributed by atoms with van der Waals surface area (Å²) < 4.78 is 0. The summed E-state index contributed by atoms with van der Waals surface area (Å²) in [5, 5.41) is 14.9. The van der Waals surface area contributed by atoms with Crippen molar-refractivity contribution in [2.45, 2.75) is 25.8 Å². The van der Waals surface area contributed by atoms with Gasteiger partial charge in [-0.15, -0.1) is 0 Å². The van der Waals surface area contributed by atoms with Gasteiger partial charge in [0.2, 0.25) is 0 Å². The number of fused-ring (bicyclic) bond motifs is 1. The molecule has 0 amide bonds. The molecular formula is C24H32N6O. The van der Waals surface area contributed by atoms with E-state index in [1.165, 1.54) is 0 Å². The molecule has 0 bridgehead atoms. The second-order valence-electron chi connectivity index (χ2n) is 7.65. The van der Waals surface area contributed by atoms with E-state index in [0.717, 1.165) is 45.6 Å². The molecular weight excluding hydrogens is 388 g/mol. The van der Waals surface area contributed by atoms with Gasteiger partial charge in [-0.2, -0.15) is 0 Å². The Morgan fingerprint density at radius 1 is 1.29 bits per heavy atom. The van der Waals surface area contributed by atoms with Crippen LogP contribution in [0.15, 0.2) is 59.4 Å². The minimum Gasteiger partial charge on any atom is -0.404 e. The standard InChI is InChI=1S/C24H32N6O/c1-16(26)24-20-8-7-18(19(14-25)15-28-2)13-21(20)23(9-11-30(24)27)29-22-6-4-3-5-17(22)10-12-31/h3-8,13-15,23,29,31H,9-12,25-27H2,1-2H3/b19-14?,24-16-,28-15?. The lowest BCUT2D eigenvalue weighted by Gasteiger charge is -2.23. The number of rotatable bonds is 6. The van der Waals surface area contributed by atoms with Crippen molar-refractivity contribution in [3.05, 3.63) is 76.6 Å². The first-order valence-electron chi connectivity index (χ1n) is 10.4. The number of hydrazine groups is 1. The molecule has 7 heteroatoms. The number of allylic oxidation sites excluding steroid dienone is 2. The highest BCUT2D eigenvalue weighted by Crippen LogP contribution is 2.37. The van der Waals surface area contributed by atoms with Crippen molar-refractivity contribution in [1.29, 1.82) is 0 Å². The van der Waals surface area contributed by atoms with E-state index >= 15 is 0 Å². The Morgan fingerprint density at radius 3 is 2.74 bits per heavy atom. The lowest BCUT2D eigenvalue weighted by Crippen LogP contribution is -2.31. The van der Waals surface area contributed by atoms with Crippen LogP contribution in [-0.2, 0) is 6.42 Å². The average Bonchev–Trinajstić information content (AvgIpc) is 2.89. The SMILES string of the molecule is CN=CC(=CN)c1ccc2c(c1)C(Nc1ccccc1CCO)CCN(N)/C2=C(/C)N. The van der Waals surface area contributed by atoms with Crippen LogP contribution in [0.25, 0.3) is 11.3 Å². The summed E-state index contributed by atoms with van der Waals surface area (Å²) in [6.45, 7) is 2.61. The molecule has 164 valence electrons. The van der Waals surface area contributed by atoms with Crippen molar-refractivity contribution < 1.29 is 5.11 Å². The molecule has 1 aliphatic heterocycles. The maximum absolute atomic E-state index is 9.46. The summed E-state index contributed by atoms with van der Waals surface area (Å²) in [7, 11) is 1.72. The van der Waals surface area contributed by atoms with E-state index in [2.05, 4.69) is 16.4 Å². The third-order valence-corrected chi connectivity index (χ3v) is 5.51. The fraction of sp³-hybridized carbons (Fsp3) is 0.292. The number of anilines is 1. The molecule has 7 nitrogen and oxygen atoms in total. The summed E-state index contributed by atoms with van der Waals surface area (Å²) in [6.07, 6.45) is 4.68. The van der Waals surface area contributed by atoms with E-state index in [-0.39, 0.29) is 12.6 Å². The molecule has 0 spiro atoms. The number of para-hydroxylation sites is 1. The zero-order valence-corrected chi connectivity index (χ0v) is 18.2. The van der Waals surface area contributed by atoms with Crippen LogP contribution in [0.2, 0.25) is 0 Å². The van der Waals surface area contributed by atoms with Gasteiger partial charge < -0.3 is 26.9 Å². The number of benzene rings is 2. The van der Waals surface area contributed by atoms with E-state index in [0.29, 0.717) is 18.7 Å². The van der Waals surface area contributed by atoms with Crippen LogP contribution in [0.4, 0.5) is 5.69 Å². The fourth-order valence-electron chi connectivity index (χ4n) is 4.07. The minimum atomic E-state index is -0.00437. The van der Waals surface area contributed by atoms with E-state index in [4.69, 9.17) is 17.3 Å². The summed E-state index contributed by atoms with van der Waals surface area (Å²) in [5.74, 6) is 6.38. The fourth-order valence-corrected chi connectivity index (χ4v) is 4.07. The van der Waals surface area contributed by atoms with Gasteiger partial charge in [0.1, 0.15) is 0 Å². The van der Waals surface area contributed by atoms with Gasteiger partial charge in [-0.3, -0.25) is 4.99 Å². The Hall–Kier alpha value is -3.29. The number of aliphatic hydroxyl groups is 1. The van der Waals surface area contributed by atoms with Crippen LogP contribution in [0.5, 0.6) is 0 Å². The Morgan fingerprint density at radius 2 is 2.06 bits per heavy atom. The third kappa shape index (κ3) is 4.90. The highest BCUT2D eigenvalue weighted by Gasteiger charge is 2.26. The van der Waals surface area contributed by atoms with Gasteiger partial charge in [-0.1, -0.05) is 30.3 Å². The number of nitrogens with two attached hydrogens (primary N) is 3. The van der Waals surface area contributed by atoms with Gasteiger partial charge in [0, 0.05) is 55.1 Å². The number of nitrogens with zero attached hydrogens (tertiary/aromatic N) is 2. The largest absolute Gasteiger partial charge is 0.404 e. The van der Waals surface area contributed by atoms with E-state index < -0.39 is 0 Å². The molecule has 1 aliphatic rings. The normalized spacial score (nSPS) is 18.6. The molecule has 1 unspecified atom stereocenters. The maximum Gasteiger partial charge on any atom is 0.0777 e. The van der Waals surface area contributed by atoms with Crippen molar-refractivity contribution >= 4 is 23.2 Å². The molecule has 1 atom stereocenters. The smallest absolute Gasteiger partial charge is 0.0777 e. The van der Waals surface area contributed by atoms with Gasteiger partial charge in [-0.25, -0.2) is 5.84 Å². The van der Waals surface area contributed by atoms with Crippen molar-refractivity contribution in [3.8, 4) is 0 Å². The molecule has 0 fully saturated rings. The molecule has 0 radical (unpaired) electrons. The zero-order chi connectivity index (χ0) is 22.4. The third-order valence-electron chi connectivity index (χ3n) is 5.51. The second kappa shape index (κ2) is 10.1. The van der Waals surface area contributed by atoms with Crippen molar-refractivity contribution in [1.82, 2.24) is 5.01 Å². The summed E-state index contributed by atoms with van der Waals surface area (Å²) in [5.41, 5.74) is 19.6. The van der Waals surface area contributed by atoms with Crippen molar-refractivity contribution in [3.63, 3.8) is 0 Å². The van der Waals surface area contributed by atoms with Gasteiger partial charge >= 0.3 is 0 Å². The Balaban J connectivity index is 2.14. The molecule has 0 aromatic heterocycles. The lowest BCUT2D eigenvalue weighted by atomic mass is 9.92. The molecule has 3 rings (SSSR count). The number of hydrogen-bond donors (Lipinski definition) is 5. The van der Waals surface area contributed by atoms with E-state index in [1.54, 1.807) is 24.5 Å². The second-order valence-corrected chi connectivity index (χ2v) is 7.65. The molecule has 2 aromatic carbocycles. The highest BCUT2D eigenvalue weighted by atomic mass is 16.2. The monoisotopic (exact) mass is 420 g/mol. The first-order chi connectivity index (χ1) is 15.0.